The highest BCUT2D eigenvalue weighted by Gasteiger charge is 2.33. The Morgan fingerprint density at radius 1 is 1.40 bits per heavy atom. The number of aliphatic hydroxyl groups is 1. The third-order valence-electron chi connectivity index (χ3n) is 3.64. The first-order valence-electron chi connectivity index (χ1n) is 6.80. The molecule has 0 atom stereocenters. The van der Waals surface area contributed by atoms with Crippen LogP contribution in [0.1, 0.15) is 19.3 Å². The maximum Gasteiger partial charge on any atom is 0.250 e. The van der Waals surface area contributed by atoms with Gasteiger partial charge in [0.25, 0.3) is 5.56 Å². The number of aliphatic hydroxyl groups excluding tert-OH is 1. The van der Waals surface area contributed by atoms with E-state index in [1.807, 2.05) is 0 Å². The highest BCUT2D eigenvalue weighted by atomic mass is 16.5. The third kappa shape index (κ3) is 3.68. The van der Waals surface area contributed by atoms with Crippen LogP contribution in [-0.4, -0.2) is 40.9 Å². The summed E-state index contributed by atoms with van der Waals surface area (Å²) in [5, 5.41) is 12.4. The number of hydrogen-bond acceptors (Lipinski definition) is 4. The summed E-state index contributed by atoms with van der Waals surface area (Å²) in [5.41, 5.74) is -0.694. The Balaban J connectivity index is 1.89. The molecule has 2 N–H and O–H groups in total. The van der Waals surface area contributed by atoms with Crippen molar-refractivity contribution in [2.24, 2.45) is 0 Å². The van der Waals surface area contributed by atoms with Crippen LogP contribution >= 0.6 is 0 Å². The molecule has 2 rings (SSSR count). The average Bonchev–Trinajstić information content (AvgIpc) is 2.47. The van der Waals surface area contributed by atoms with E-state index in [9.17, 15) is 14.7 Å². The molecule has 1 saturated heterocycles. The maximum absolute atomic E-state index is 12.0. The molecule has 1 aliphatic heterocycles. The van der Waals surface area contributed by atoms with Crippen molar-refractivity contribution in [2.45, 2.75) is 31.3 Å². The van der Waals surface area contributed by atoms with Gasteiger partial charge in [-0.2, -0.15) is 0 Å². The zero-order chi connectivity index (χ0) is 14.4. The molecule has 1 amide bonds. The maximum atomic E-state index is 12.0. The number of nitrogens with one attached hydrogen (secondary N) is 1. The molecule has 110 valence electrons. The lowest BCUT2D eigenvalue weighted by molar-refractivity contribution is -0.125. The number of aryl methyl sites for hydroxylation is 1. The number of pyridine rings is 1. The molecule has 0 radical (unpaired) electrons. The summed E-state index contributed by atoms with van der Waals surface area (Å²) < 4.78 is 6.74. The van der Waals surface area contributed by atoms with E-state index in [2.05, 4.69) is 5.32 Å². The summed E-state index contributed by atoms with van der Waals surface area (Å²) >= 11 is 0. The molecule has 6 nitrogen and oxygen atoms in total. The van der Waals surface area contributed by atoms with Gasteiger partial charge in [-0.1, -0.05) is 6.07 Å². The molecule has 6 heteroatoms. The van der Waals surface area contributed by atoms with Gasteiger partial charge in [-0.25, -0.2) is 0 Å². The molecule has 0 aromatic carbocycles. The van der Waals surface area contributed by atoms with Gasteiger partial charge in [-0.15, -0.1) is 0 Å². The lowest BCUT2D eigenvalue weighted by atomic mass is 9.91. The minimum atomic E-state index is -0.572. The molecular weight excluding hydrogens is 260 g/mol. The van der Waals surface area contributed by atoms with Gasteiger partial charge in [0.2, 0.25) is 5.91 Å². The van der Waals surface area contributed by atoms with Crippen LogP contribution in [0.5, 0.6) is 0 Å². The fourth-order valence-electron chi connectivity index (χ4n) is 2.31. The summed E-state index contributed by atoms with van der Waals surface area (Å²) in [6.07, 6.45) is 3.10. The average molecular weight is 280 g/mol. The lowest BCUT2D eigenvalue weighted by Gasteiger charge is -2.36. The number of nitrogens with zero attached hydrogens (tertiary/aromatic N) is 1. The van der Waals surface area contributed by atoms with Gasteiger partial charge in [-0.3, -0.25) is 9.59 Å². The molecule has 0 bridgehead atoms. The molecule has 0 unspecified atom stereocenters. The van der Waals surface area contributed by atoms with Crippen LogP contribution < -0.4 is 10.9 Å². The van der Waals surface area contributed by atoms with E-state index in [-0.39, 0.29) is 24.5 Å². The van der Waals surface area contributed by atoms with E-state index in [0.29, 0.717) is 32.6 Å². The SMILES string of the molecule is O=C(CCn1ccccc1=O)NC1(CO)CCOCC1. The van der Waals surface area contributed by atoms with E-state index in [1.54, 1.807) is 18.3 Å². The van der Waals surface area contributed by atoms with E-state index in [0.717, 1.165) is 0 Å². The monoisotopic (exact) mass is 280 g/mol. The van der Waals surface area contributed by atoms with Crippen LogP contribution in [0.15, 0.2) is 29.2 Å². The topological polar surface area (TPSA) is 80.6 Å². The molecular formula is C14H20N2O4. The number of rotatable bonds is 5. The lowest BCUT2D eigenvalue weighted by Crippen LogP contribution is -2.54. The smallest absolute Gasteiger partial charge is 0.250 e. The van der Waals surface area contributed by atoms with Crippen LogP contribution in [0.4, 0.5) is 0 Å². The normalized spacial score (nSPS) is 17.6. The molecule has 1 aromatic heterocycles. The molecule has 0 spiro atoms. The van der Waals surface area contributed by atoms with Gasteiger partial charge in [0, 0.05) is 38.4 Å². The highest BCUT2D eigenvalue weighted by Crippen LogP contribution is 2.20. The van der Waals surface area contributed by atoms with Gasteiger partial charge < -0.3 is 19.7 Å². The zero-order valence-electron chi connectivity index (χ0n) is 11.4. The van der Waals surface area contributed by atoms with Crippen LogP contribution in [-0.2, 0) is 16.1 Å². The fraction of sp³-hybridized carbons (Fsp3) is 0.571. The van der Waals surface area contributed by atoms with Crippen LogP contribution in [0.25, 0.3) is 0 Å². The van der Waals surface area contributed by atoms with Gasteiger partial charge >= 0.3 is 0 Å². The number of carbonyl (C=O) groups is 1. The van der Waals surface area contributed by atoms with E-state index < -0.39 is 5.54 Å². The van der Waals surface area contributed by atoms with E-state index >= 15 is 0 Å². The summed E-state index contributed by atoms with van der Waals surface area (Å²) in [6, 6.07) is 4.89. The Kier molecular flexibility index (Phi) is 4.92. The fourth-order valence-corrected chi connectivity index (χ4v) is 2.31. The third-order valence-corrected chi connectivity index (χ3v) is 3.64. The summed E-state index contributed by atoms with van der Waals surface area (Å²) in [7, 11) is 0. The van der Waals surface area contributed by atoms with Crippen LogP contribution in [0.3, 0.4) is 0 Å². The zero-order valence-corrected chi connectivity index (χ0v) is 11.4. The van der Waals surface area contributed by atoms with Crippen molar-refractivity contribution in [3.8, 4) is 0 Å². The minimum Gasteiger partial charge on any atom is -0.394 e. The Bertz CT molecular complexity index is 506. The minimum absolute atomic E-state index is 0.0899. The summed E-state index contributed by atoms with van der Waals surface area (Å²) in [6.45, 7) is 1.33. The van der Waals surface area contributed by atoms with Crippen molar-refractivity contribution in [1.29, 1.82) is 0 Å². The quantitative estimate of drug-likeness (QED) is 0.789. The number of aromatic nitrogens is 1. The molecule has 1 aliphatic rings. The van der Waals surface area contributed by atoms with Gasteiger partial charge in [0.15, 0.2) is 0 Å². The second-order valence-electron chi connectivity index (χ2n) is 5.08. The first-order valence-corrected chi connectivity index (χ1v) is 6.80. The molecule has 2 heterocycles. The second kappa shape index (κ2) is 6.67. The van der Waals surface area contributed by atoms with Gasteiger partial charge in [-0.05, 0) is 18.9 Å². The predicted molar refractivity (Wildman–Crippen MR) is 73.3 cm³/mol. The van der Waals surface area contributed by atoms with E-state index in [4.69, 9.17) is 4.74 Å². The van der Waals surface area contributed by atoms with E-state index in [1.165, 1.54) is 10.6 Å². The van der Waals surface area contributed by atoms with Crippen molar-refractivity contribution in [1.82, 2.24) is 9.88 Å². The Hall–Kier alpha value is -1.66. The Morgan fingerprint density at radius 2 is 2.15 bits per heavy atom. The summed E-state index contributed by atoms with van der Waals surface area (Å²) in [5.74, 6) is -0.156. The molecule has 1 aromatic rings. The molecule has 20 heavy (non-hydrogen) atoms. The van der Waals surface area contributed by atoms with Crippen molar-refractivity contribution in [3.63, 3.8) is 0 Å². The summed E-state index contributed by atoms with van der Waals surface area (Å²) in [4.78, 5) is 23.5. The first kappa shape index (κ1) is 14.7. The highest BCUT2D eigenvalue weighted by molar-refractivity contribution is 5.76. The van der Waals surface area contributed by atoms with Crippen LogP contribution in [0.2, 0.25) is 0 Å². The molecule has 0 saturated carbocycles. The van der Waals surface area contributed by atoms with Gasteiger partial charge in [0.05, 0.1) is 12.1 Å². The number of carbonyl (C=O) groups excluding carboxylic acids is 1. The predicted octanol–water partition coefficient (Wildman–Crippen LogP) is -0.104. The van der Waals surface area contributed by atoms with Gasteiger partial charge in [0.1, 0.15) is 0 Å². The van der Waals surface area contributed by atoms with Crippen molar-refractivity contribution < 1.29 is 14.6 Å². The Morgan fingerprint density at radius 3 is 2.80 bits per heavy atom. The number of hydrogen-bond donors (Lipinski definition) is 2. The molecule has 0 aliphatic carbocycles. The standard InChI is InChI=1S/C14H20N2O4/c17-11-14(5-9-20-10-6-14)15-12(18)4-8-16-7-2-1-3-13(16)19/h1-3,7,17H,4-6,8-11H2,(H,15,18). The van der Waals surface area contributed by atoms with Crippen molar-refractivity contribution >= 4 is 5.91 Å². The Labute approximate surface area is 117 Å². The van der Waals surface area contributed by atoms with Crippen molar-refractivity contribution in [3.05, 3.63) is 34.7 Å². The second-order valence-corrected chi connectivity index (χ2v) is 5.08. The van der Waals surface area contributed by atoms with Crippen molar-refractivity contribution in [2.75, 3.05) is 19.8 Å². The number of ether oxygens (including phenoxy) is 1. The molecule has 1 fully saturated rings. The number of amides is 1. The van der Waals surface area contributed by atoms with Crippen LogP contribution in [0, 0.1) is 0 Å². The largest absolute Gasteiger partial charge is 0.394 e. The first-order chi connectivity index (χ1) is 9.65.